The number of nitrogens with zero attached hydrogens (tertiary/aromatic N) is 1. The van der Waals surface area contributed by atoms with Gasteiger partial charge in [0.2, 0.25) is 0 Å². The molecule has 0 amide bonds. The Labute approximate surface area is 172 Å². The minimum Gasteiger partial charge on any atom is -0.478 e. The summed E-state index contributed by atoms with van der Waals surface area (Å²) >= 11 is 0. The molecule has 0 aromatic carbocycles. The van der Waals surface area contributed by atoms with E-state index in [9.17, 15) is 14.4 Å². The van der Waals surface area contributed by atoms with Gasteiger partial charge in [0.05, 0.1) is 5.92 Å². The second-order valence-corrected chi connectivity index (χ2v) is 9.04. The number of hydrogen-bond donors (Lipinski definition) is 2. The van der Waals surface area contributed by atoms with E-state index < -0.39 is 11.9 Å². The Morgan fingerprint density at radius 3 is 2.45 bits per heavy atom. The van der Waals surface area contributed by atoms with Gasteiger partial charge < -0.3 is 19.8 Å². The van der Waals surface area contributed by atoms with Crippen molar-refractivity contribution in [1.29, 1.82) is 0 Å². The summed E-state index contributed by atoms with van der Waals surface area (Å²) in [6.45, 7) is 5.45. The molecule has 162 valence electrons. The average Bonchev–Trinajstić information content (AvgIpc) is 3.19. The number of carboxylic acid groups (broad SMARTS) is 2. The maximum atomic E-state index is 12.4. The van der Waals surface area contributed by atoms with Gasteiger partial charge in [0, 0.05) is 30.5 Å². The van der Waals surface area contributed by atoms with Crippen LogP contribution in [0.5, 0.6) is 0 Å². The van der Waals surface area contributed by atoms with Crippen molar-refractivity contribution >= 4 is 17.9 Å². The zero-order valence-corrected chi connectivity index (χ0v) is 17.8. The first kappa shape index (κ1) is 23.1. The number of carbonyl (C=O) groups is 3. The third-order valence-electron chi connectivity index (χ3n) is 6.32. The molecular formula is C22H33NO6. The Morgan fingerprint density at radius 2 is 1.90 bits per heavy atom. The van der Waals surface area contributed by atoms with E-state index in [2.05, 4.69) is 24.8 Å². The van der Waals surface area contributed by atoms with Gasteiger partial charge in [-0.3, -0.25) is 4.79 Å². The molecule has 7 nitrogen and oxygen atoms in total. The monoisotopic (exact) mass is 407 g/mol. The third-order valence-corrected chi connectivity index (χ3v) is 6.32. The maximum Gasteiger partial charge on any atom is 0.328 e. The van der Waals surface area contributed by atoms with E-state index in [4.69, 9.17) is 14.9 Å². The van der Waals surface area contributed by atoms with Gasteiger partial charge in [-0.1, -0.05) is 18.6 Å². The molecule has 1 saturated heterocycles. The minimum absolute atomic E-state index is 0.0498. The fraction of sp³-hybridized carbons (Fsp3) is 0.682. The number of allylic oxidation sites excluding steroid dienone is 2. The molecule has 0 unspecified atom stereocenters. The molecule has 1 aliphatic heterocycles. The van der Waals surface area contributed by atoms with Crippen LogP contribution in [0.15, 0.2) is 23.8 Å². The standard InChI is InChI=1S/C18H29NO2.C4H4O4/c1-12-6-5-9-18(2)10-15(18)16-13(8-7-12)14(11-19(3)4)17(20)21-16;5-3(6)1-2-4(7)8/h6,13-16H,5,7-11H2,1-4H3;1-2H,(H,5,6)(H,7,8)/b12-6+;2-1+/t13-,14-,15-,16-,18-;/m0./s1. The molecule has 7 heteroatoms. The quantitative estimate of drug-likeness (QED) is 0.419. The van der Waals surface area contributed by atoms with Gasteiger partial charge in [-0.25, -0.2) is 9.59 Å². The molecule has 2 aliphatic carbocycles. The van der Waals surface area contributed by atoms with E-state index in [0.29, 0.717) is 29.4 Å². The van der Waals surface area contributed by atoms with Crippen molar-refractivity contribution in [1.82, 2.24) is 4.90 Å². The van der Waals surface area contributed by atoms with Crippen LogP contribution in [0.25, 0.3) is 0 Å². The minimum atomic E-state index is -1.26. The molecule has 0 aromatic rings. The van der Waals surface area contributed by atoms with Crippen molar-refractivity contribution < 1.29 is 29.3 Å². The molecule has 3 rings (SSSR count). The Kier molecular flexibility index (Phi) is 7.63. The second-order valence-electron chi connectivity index (χ2n) is 9.04. The van der Waals surface area contributed by atoms with Crippen LogP contribution in [0.2, 0.25) is 0 Å². The molecule has 2 fully saturated rings. The van der Waals surface area contributed by atoms with Crippen molar-refractivity contribution in [3.8, 4) is 0 Å². The predicted molar refractivity (Wildman–Crippen MR) is 108 cm³/mol. The van der Waals surface area contributed by atoms with Crippen molar-refractivity contribution in [3.63, 3.8) is 0 Å². The molecule has 3 aliphatic rings. The van der Waals surface area contributed by atoms with Crippen LogP contribution >= 0.6 is 0 Å². The first-order valence-electron chi connectivity index (χ1n) is 10.2. The van der Waals surface area contributed by atoms with Crippen molar-refractivity contribution in [2.24, 2.45) is 23.2 Å². The van der Waals surface area contributed by atoms with Crippen LogP contribution in [-0.2, 0) is 19.1 Å². The molecular weight excluding hydrogens is 374 g/mol. The van der Waals surface area contributed by atoms with E-state index in [1.807, 2.05) is 14.1 Å². The van der Waals surface area contributed by atoms with Gasteiger partial charge in [0.15, 0.2) is 0 Å². The number of fused-ring (bicyclic) bond motifs is 3. The van der Waals surface area contributed by atoms with Crippen molar-refractivity contribution in [2.75, 3.05) is 20.6 Å². The topological polar surface area (TPSA) is 104 Å². The fourth-order valence-electron chi connectivity index (χ4n) is 4.59. The molecule has 0 radical (unpaired) electrons. The van der Waals surface area contributed by atoms with Gasteiger partial charge in [0.1, 0.15) is 6.10 Å². The largest absolute Gasteiger partial charge is 0.478 e. The lowest BCUT2D eigenvalue weighted by Gasteiger charge is -2.25. The number of aliphatic carboxylic acids is 2. The summed E-state index contributed by atoms with van der Waals surface area (Å²) in [5.41, 5.74) is 1.89. The molecule has 29 heavy (non-hydrogen) atoms. The number of carbonyl (C=O) groups excluding carboxylic acids is 1. The van der Waals surface area contributed by atoms with Crippen LogP contribution < -0.4 is 0 Å². The second kappa shape index (κ2) is 9.57. The Hall–Kier alpha value is -2.15. The molecule has 0 spiro atoms. The van der Waals surface area contributed by atoms with E-state index in [-0.39, 0.29) is 18.0 Å². The first-order valence-corrected chi connectivity index (χ1v) is 10.2. The third kappa shape index (κ3) is 6.42. The van der Waals surface area contributed by atoms with Gasteiger partial charge in [-0.15, -0.1) is 0 Å². The van der Waals surface area contributed by atoms with E-state index in [1.165, 1.54) is 24.8 Å². The number of carboxylic acids is 2. The van der Waals surface area contributed by atoms with Crippen molar-refractivity contribution in [2.45, 2.75) is 52.1 Å². The number of rotatable bonds is 4. The summed E-state index contributed by atoms with van der Waals surface area (Å²) in [4.78, 5) is 33.6. The molecule has 0 aromatic heterocycles. The lowest BCUT2D eigenvalue weighted by Crippen LogP contribution is -2.32. The van der Waals surface area contributed by atoms with E-state index >= 15 is 0 Å². The van der Waals surface area contributed by atoms with Crippen LogP contribution in [0.1, 0.15) is 46.0 Å². The zero-order chi connectivity index (χ0) is 21.8. The summed E-state index contributed by atoms with van der Waals surface area (Å²) in [5, 5.41) is 15.6. The van der Waals surface area contributed by atoms with Crippen LogP contribution in [-0.4, -0.2) is 59.8 Å². The fourth-order valence-corrected chi connectivity index (χ4v) is 4.59. The number of ether oxygens (including phenoxy) is 1. The van der Waals surface area contributed by atoms with Gasteiger partial charge in [-0.05, 0) is 58.5 Å². The zero-order valence-electron chi connectivity index (χ0n) is 17.8. The lowest BCUT2D eigenvalue weighted by atomic mass is 9.80. The molecule has 1 saturated carbocycles. The summed E-state index contributed by atoms with van der Waals surface area (Å²) in [6.07, 6.45) is 9.60. The normalized spacial score (nSPS) is 35.5. The average molecular weight is 408 g/mol. The number of esters is 1. The van der Waals surface area contributed by atoms with Crippen LogP contribution in [0.4, 0.5) is 0 Å². The summed E-state index contributed by atoms with van der Waals surface area (Å²) < 4.78 is 5.88. The SMILES string of the molecule is C/C1=C\CC[C@@]2(C)C[C@H]2[C@H]2OC(=O)[C@@H](CN(C)C)[C@@H]2CC1.O=C(O)/C=C/C(=O)O. The molecule has 5 atom stereocenters. The molecule has 2 N–H and O–H groups in total. The highest BCUT2D eigenvalue weighted by molar-refractivity contribution is 5.89. The van der Waals surface area contributed by atoms with Crippen molar-refractivity contribution in [3.05, 3.63) is 23.8 Å². The first-order chi connectivity index (χ1) is 13.5. The molecule has 1 heterocycles. The smallest absolute Gasteiger partial charge is 0.328 e. The lowest BCUT2D eigenvalue weighted by molar-refractivity contribution is -0.145. The number of hydrogen-bond acceptors (Lipinski definition) is 5. The Balaban J connectivity index is 0.000000321. The van der Waals surface area contributed by atoms with Gasteiger partial charge in [0.25, 0.3) is 0 Å². The predicted octanol–water partition coefficient (Wildman–Crippen LogP) is 2.96. The van der Waals surface area contributed by atoms with Gasteiger partial charge >= 0.3 is 17.9 Å². The Bertz CT molecular complexity index is 681. The maximum absolute atomic E-state index is 12.4. The summed E-state index contributed by atoms with van der Waals surface area (Å²) in [7, 11) is 4.10. The summed E-state index contributed by atoms with van der Waals surface area (Å²) in [5.74, 6) is -1.38. The highest BCUT2D eigenvalue weighted by Gasteiger charge is 2.60. The van der Waals surface area contributed by atoms with Crippen LogP contribution in [0.3, 0.4) is 0 Å². The van der Waals surface area contributed by atoms with E-state index in [1.54, 1.807) is 0 Å². The molecule has 0 bridgehead atoms. The highest BCUT2D eigenvalue weighted by atomic mass is 16.6. The van der Waals surface area contributed by atoms with Gasteiger partial charge in [-0.2, -0.15) is 0 Å². The van der Waals surface area contributed by atoms with Crippen LogP contribution in [0, 0.1) is 23.2 Å². The highest BCUT2D eigenvalue weighted by Crippen LogP contribution is 2.61. The summed E-state index contributed by atoms with van der Waals surface area (Å²) in [6, 6.07) is 0. The Morgan fingerprint density at radius 1 is 1.28 bits per heavy atom. The van der Waals surface area contributed by atoms with E-state index in [0.717, 1.165) is 19.4 Å².